The van der Waals surface area contributed by atoms with Crippen molar-refractivity contribution < 1.29 is 4.39 Å². The van der Waals surface area contributed by atoms with Gasteiger partial charge in [0.1, 0.15) is 11.9 Å². The van der Waals surface area contributed by atoms with Crippen molar-refractivity contribution in [3.8, 4) is 6.07 Å². The van der Waals surface area contributed by atoms with E-state index in [4.69, 9.17) is 5.26 Å². The van der Waals surface area contributed by atoms with Crippen LogP contribution in [0.25, 0.3) is 0 Å². The van der Waals surface area contributed by atoms with Crippen molar-refractivity contribution in [2.24, 2.45) is 5.92 Å². The molecule has 0 saturated carbocycles. The number of halogens is 1. The van der Waals surface area contributed by atoms with Gasteiger partial charge in [-0.15, -0.1) is 0 Å². The van der Waals surface area contributed by atoms with Gasteiger partial charge in [0.15, 0.2) is 0 Å². The summed E-state index contributed by atoms with van der Waals surface area (Å²) in [5.74, 6) is 0.0370. The largest absolute Gasteiger partial charge is 0.385 e. The average Bonchev–Trinajstić information content (AvgIpc) is 2.15. The molecule has 2 nitrogen and oxygen atoms in total. The van der Waals surface area contributed by atoms with E-state index < -0.39 is 5.82 Å². The van der Waals surface area contributed by atoms with Gasteiger partial charge in [-0.05, 0) is 24.1 Å². The van der Waals surface area contributed by atoms with Crippen molar-refractivity contribution in [2.45, 2.75) is 13.8 Å². The van der Waals surface area contributed by atoms with Crippen molar-refractivity contribution in [3.05, 3.63) is 29.6 Å². The summed E-state index contributed by atoms with van der Waals surface area (Å²) in [5, 5.41) is 11.6. The van der Waals surface area contributed by atoms with E-state index in [0.717, 1.165) is 12.2 Å². The first kappa shape index (κ1) is 10.5. The summed E-state index contributed by atoms with van der Waals surface area (Å²) in [7, 11) is 0. The van der Waals surface area contributed by atoms with Gasteiger partial charge in [-0.3, -0.25) is 0 Å². The molecule has 3 heteroatoms. The maximum absolute atomic E-state index is 13.1. The summed E-state index contributed by atoms with van der Waals surface area (Å²) in [5.41, 5.74) is 0.801. The van der Waals surface area contributed by atoms with Gasteiger partial charge in [-0.25, -0.2) is 4.39 Å². The van der Waals surface area contributed by atoms with Gasteiger partial charge < -0.3 is 5.32 Å². The van der Waals surface area contributed by atoms with Crippen molar-refractivity contribution in [1.82, 2.24) is 0 Å². The molecule has 0 atom stereocenters. The van der Waals surface area contributed by atoms with E-state index in [1.54, 1.807) is 12.1 Å². The summed E-state index contributed by atoms with van der Waals surface area (Å²) in [4.78, 5) is 0. The Morgan fingerprint density at radius 2 is 2.21 bits per heavy atom. The monoisotopic (exact) mass is 192 g/mol. The molecule has 0 heterocycles. The highest BCUT2D eigenvalue weighted by Crippen LogP contribution is 2.13. The first-order valence-corrected chi connectivity index (χ1v) is 4.57. The molecule has 0 bridgehead atoms. The van der Waals surface area contributed by atoms with Crippen LogP contribution in [0.5, 0.6) is 0 Å². The zero-order valence-corrected chi connectivity index (χ0v) is 8.34. The van der Waals surface area contributed by atoms with Crippen LogP contribution in [0, 0.1) is 23.1 Å². The normalized spacial score (nSPS) is 9.93. The third kappa shape index (κ3) is 2.74. The zero-order valence-electron chi connectivity index (χ0n) is 8.34. The minimum Gasteiger partial charge on any atom is -0.385 e. The Morgan fingerprint density at radius 1 is 1.50 bits per heavy atom. The molecule has 74 valence electrons. The molecular formula is C11H13FN2. The molecule has 1 N–H and O–H groups in total. The number of anilines is 1. The molecule has 0 radical (unpaired) electrons. The van der Waals surface area contributed by atoms with Gasteiger partial charge in [0.25, 0.3) is 0 Å². The number of rotatable bonds is 3. The van der Waals surface area contributed by atoms with Crippen LogP contribution in [0.2, 0.25) is 0 Å². The molecule has 1 aromatic rings. The number of hydrogen-bond donors (Lipinski definition) is 1. The van der Waals surface area contributed by atoms with E-state index >= 15 is 0 Å². The number of benzene rings is 1. The topological polar surface area (TPSA) is 35.8 Å². The van der Waals surface area contributed by atoms with Gasteiger partial charge in [-0.2, -0.15) is 5.26 Å². The van der Waals surface area contributed by atoms with Crippen molar-refractivity contribution in [2.75, 3.05) is 11.9 Å². The van der Waals surface area contributed by atoms with Crippen LogP contribution >= 0.6 is 0 Å². The number of nitriles is 1. The van der Waals surface area contributed by atoms with Crippen molar-refractivity contribution >= 4 is 5.69 Å². The predicted molar refractivity (Wildman–Crippen MR) is 54.4 cm³/mol. The van der Waals surface area contributed by atoms with Crippen LogP contribution in [0.15, 0.2) is 18.2 Å². The summed E-state index contributed by atoms with van der Waals surface area (Å²) < 4.78 is 13.1. The van der Waals surface area contributed by atoms with Crippen molar-refractivity contribution in [3.63, 3.8) is 0 Å². The van der Waals surface area contributed by atoms with Crippen LogP contribution in [0.1, 0.15) is 19.4 Å². The van der Waals surface area contributed by atoms with Gasteiger partial charge >= 0.3 is 0 Å². The molecule has 0 aliphatic rings. The SMILES string of the molecule is CC(C)CNc1ccc(C#N)c(F)c1. The van der Waals surface area contributed by atoms with Crippen LogP contribution in [-0.4, -0.2) is 6.54 Å². The quantitative estimate of drug-likeness (QED) is 0.799. The highest BCUT2D eigenvalue weighted by Gasteiger charge is 2.02. The lowest BCUT2D eigenvalue weighted by Crippen LogP contribution is -2.08. The molecule has 0 aromatic heterocycles. The smallest absolute Gasteiger partial charge is 0.143 e. The van der Waals surface area contributed by atoms with E-state index in [-0.39, 0.29) is 5.56 Å². The Morgan fingerprint density at radius 3 is 2.71 bits per heavy atom. The van der Waals surface area contributed by atoms with E-state index in [0.29, 0.717) is 5.92 Å². The molecule has 0 unspecified atom stereocenters. The molecule has 0 aliphatic carbocycles. The highest BCUT2D eigenvalue weighted by atomic mass is 19.1. The maximum atomic E-state index is 13.1. The zero-order chi connectivity index (χ0) is 10.6. The van der Waals surface area contributed by atoms with E-state index in [1.807, 2.05) is 0 Å². The second-order valence-electron chi connectivity index (χ2n) is 3.58. The van der Waals surface area contributed by atoms with Gasteiger partial charge in [0.05, 0.1) is 5.56 Å². The minimum atomic E-state index is -0.471. The van der Waals surface area contributed by atoms with Crippen LogP contribution < -0.4 is 5.32 Å². The van der Waals surface area contributed by atoms with E-state index in [1.165, 1.54) is 12.1 Å². The molecule has 0 amide bonds. The predicted octanol–water partition coefficient (Wildman–Crippen LogP) is 2.77. The fourth-order valence-electron chi connectivity index (χ4n) is 1.04. The summed E-state index contributed by atoms with van der Waals surface area (Å²) in [6.45, 7) is 4.95. The maximum Gasteiger partial charge on any atom is 0.143 e. The average molecular weight is 192 g/mol. The number of hydrogen-bond acceptors (Lipinski definition) is 2. The Hall–Kier alpha value is -1.56. The first-order valence-electron chi connectivity index (χ1n) is 4.57. The lowest BCUT2D eigenvalue weighted by atomic mass is 10.2. The summed E-state index contributed by atoms with van der Waals surface area (Å²) >= 11 is 0. The fraction of sp³-hybridized carbons (Fsp3) is 0.364. The molecule has 14 heavy (non-hydrogen) atoms. The lowest BCUT2D eigenvalue weighted by molar-refractivity contribution is 0.623. The van der Waals surface area contributed by atoms with Crippen molar-refractivity contribution in [1.29, 1.82) is 5.26 Å². The third-order valence-electron chi connectivity index (χ3n) is 1.80. The van der Waals surface area contributed by atoms with Crippen LogP contribution in [0.3, 0.4) is 0 Å². The fourth-order valence-corrected chi connectivity index (χ4v) is 1.04. The summed E-state index contributed by atoms with van der Waals surface area (Å²) in [6, 6.07) is 6.33. The van der Waals surface area contributed by atoms with Gasteiger partial charge in [-0.1, -0.05) is 13.8 Å². The number of nitrogens with zero attached hydrogens (tertiary/aromatic N) is 1. The Kier molecular flexibility index (Phi) is 3.47. The Balaban J connectivity index is 2.73. The second kappa shape index (κ2) is 4.61. The van der Waals surface area contributed by atoms with Gasteiger partial charge in [0, 0.05) is 12.2 Å². The standard InChI is InChI=1S/C11H13FN2/c1-8(2)7-14-10-4-3-9(6-13)11(12)5-10/h3-5,8,14H,7H2,1-2H3. The summed E-state index contributed by atoms with van der Waals surface area (Å²) in [6.07, 6.45) is 0. The van der Waals surface area contributed by atoms with E-state index in [2.05, 4.69) is 19.2 Å². The number of nitrogens with one attached hydrogen (secondary N) is 1. The molecule has 0 fully saturated rings. The molecular weight excluding hydrogens is 179 g/mol. The molecule has 0 saturated heterocycles. The second-order valence-corrected chi connectivity index (χ2v) is 3.58. The molecule has 1 rings (SSSR count). The highest BCUT2D eigenvalue weighted by molar-refractivity contribution is 5.48. The van der Waals surface area contributed by atoms with Crippen LogP contribution in [-0.2, 0) is 0 Å². The lowest BCUT2D eigenvalue weighted by Gasteiger charge is -2.08. The first-order chi connectivity index (χ1) is 6.63. The molecule has 1 aromatic carbocycles. The molecule has 0 aliphatic heterocycles. The molecule has 0 spiro atoms. The van der Waals surface area contributed by atoms with Crippen LogP contribution in [0.4, 0.5) is 10.1 Å². The minimum absolute atomic E-state index is 0.0834. The Labute approximate surface area is 83.4 Å². The third-order valence-corrected chi connectivity index (χ3v) is 1.80. The van der Waals surface area contributed by atoms with Gasteiger partial charge in [0.2, 0.25) is 0 Å². The Bertz CT molecular complexity index is 353. The van der Waals surface area contributed by atoms with E-state index in [9.17, 15) is 4.39 Å².